The number of esters is 1. The van der Waals surface area contributed by atoms with E-state index in [1.54, 1.807) is 6.08 Å². The predicted molar refractivity (Wildman–Crippen MR) is 146 cm³/mol. The van der Waals surface area contributed by atoms with Crippen molar-refractivity contribution >= 4 is 34.4 Å². The molecule has 4 heteroatoms. The first-order valence-corrected chi connectivity index (χ1v) is 13.2. The molecule has 0 spiro atoms. The monoisotopic (exact) mass is 494 g/mol. The molecule has 0 amide bonds. The van der Waals surface area contributed by atoms with Crippen LogP contribution in [-0.2, 0) is 19.1 Å². The number of Topliss-reactive ketones (excluding diaryl/α,β-unsaturated/α-hetero) is 1. The highest BCUT2D eigenvalue weighted by Crippen LogP contribution is 2.72. The Morgan fingerprint density at radius 1 is 0.892 bits per heavy atom. The molecule has 5 rings (SSSR count). The summed E-state index contributed by atoms with van der Waals surface area (Å²) in [6.07, 6.45) is 4.17. The van der Waals surface area contributed by atoms with Gasteiger partial charge >= 0.3 is 5.97 Å². The van der Waals surface area contributed by atoms with Crippen LogP contribution in [0.2, 0.25) is 0 Å². The summed E-state index contributed by atoms with van der Waals surface area (Å²) in [7, 11) is 0. The molecule has 4 nitrogen and oxygen atoms in total. The summed E-state index contributed by atoms with van der Waals surface area (Å²) in [5, 5.41) is 2.36. The molecular weight excluding hydrogens is 460 g/mol. The van der Waals surface area contributed by atoms with Crippen molar-refractivity contribution in [3.63, 3.8) is 0 Å². The zero-order chi connectivity index (χ0) is 26.2. The van der Waals surface area contributed by atoms with E-state index in [4.69, 9.17) is 4.74 Å². The molecular formula is C33H34O4. The lowest BCUT2D eigenvalue weighted by Gasteiger charge is -2.40. The molecule has 0 aromatic heterocycles. The number of hydrogen-bond donors (Lipinski definition) is 0. The summed E-state index contributed by atoms with van der Waals surface area (Å²) >= 11 is 0. The maximum atomic E-state index is 13.0. The number of rotatable bonds is 8. The maximum Gasteiger partial charge on any atom is 0.313 e. The van der Waals surface area contributed by atoms with E-state index in [0.29, 0.717) is 0 Å². The fourth-order valence-corrected chi connectivity index (χ4v) is 6.90. The Balaban J connectivity index is 1.32. The number of benzene rings is 3. The average molecular weight is 495 g/mol. The van der Waals surface area contributed by atoms with E-state index in [1.165, 1.54) is 22.4 Å². The lowest BCUT2D eigenvalue weighted by atomic mass is 9.64. The highest BCUT2D eigenvalue weighted by Gasteiger charge is 2.67. The van der Waals surface area contributed by atoms with Crippen LogP contribution in [0.15, 0.2) is 78.9 Å². The third kappa shape index (κ3) is 4.54. The van der Waals surface area contributed by atoms with Crippen LogP contribution < -0.4 is 0 Å². The average Bonchev–Trinajstić information content (AvgIpc) is 3.20. The molecule has 3 aromatic rings. The van der Waals surface area contributed by atoms with Crippen LogP contribution in [0.25, 0.3) is 16.8 Å². The minimum Gasteiger partial charge on any atom is -0.461 e. The lowest BCUT2D eigenvalue weighted by molar-refractivity contribution is -0.155. The Morgan fingerprint density at radius 3 is 2.38 bits per heavy atom. The van der Waals surface area contributed by atoms with Gasteiger partial charge in [0.1, 0.15) is 12.5 Å². The molecule has 0 saturated heterocycles. The topological polar surface area (TPSA) is 60.4 Å². The van der Waals surface area contributed by atoms with Gasteiger partial charge in [0, 0.05) is 11.8 Å². The summed E-state index contributed by atoms with van der Waals surface area (Å²) in [5.41, 5.74) is 2.05. The molecule has 190 valence electrons. The number of ether oxygens (including phenoxy) is 1. The molecule has 2 fully saturated rings. The standard InChI is InChI=1S/C33H34O4/c1-32(2)28-18-19-33(32,3)30(27-15-9-13-23-12-7-8-14-26(23)27)31(28)37-29(36)21-25(35)20-24(34)17-16-22-10-5-4-6-11-22/h4-17,28,30-31H,18-21H2,1-3H3/b17-16+/t28-,30-,31-,33+/m1/s1. The fourth-order valence-electron chi connectivity index (χ4n) is 6.90. The molecule has 2 aliphatic carbocycles. The number of ketones is 2. The first kappa shape index (κ1) is 25.1. The van der Waals surface area contributed by atoms with Gasteiger partial charge in [0.05, 0.1) is 6.42 Å². The molecule has 0 heterocycles. The van der Waals surface area contributed by atoms with Crippen LogP contribution in [-0.4, -0.2) is 23.6 Å². The molecule has 0 radical (unpaired) electrons. The number of carbonyl (C=O) groups is 3. The number of fused-ring (bicyclic) bond motifs is 3. The van der Waals surface area contributed by atoms with Crippen molar-refractivity contribution in [1.82, 2.24) is 0 Å². The second-order valence-electron chi connectivity index (χ2n) is 11.4. The first-order chi connectivity index (χ1) is 17.7. The van der Waals surface area contributed by atoms with Gasteiger partial charge in [0.25, 0.3) is 0 Å². The van der Waals surface area contributed by atoms with Crippen LogP contribution >= 0.6 is 0 Å². The van der Waals surface area contributed by atoms with Crippen molar-refractivity contribution in [2.24, 2.45) is 16.7 Å². The normalized spacial score (nSPS) is 26.0. The van der Waals surface area contributed by atoms with Crippen LogP contribution in [0.5, 0.6) is 0 Å². The fraction of sp³-hybridized carbons (Fsp3) is 0.364. The highest BCUT2D eigenvalue weighted by molar-refractivity contribution is 6.10. The second kappa shape index (κ2) is 9.74. The summed E-state index contributed by atoms with van der Waals surface area (Å²) in [6.45, 7) is 6.91. The van der Waals surface area contributed by atoms with Gasteiger partial charge in [-0.1, -0.05) is 99.6 Å². The third-order valence-electron chi connectivity index (χ3n) is 9.19. The Labute approximate surface area is 218 Å². The van der Waals surface area contributed by atoms with Crippen LogP contribution in [0.1, 0.15) is 63.5 Å². The molecule has 0 N–H and O–H groups in total. The lowest BCUT2D eigenvalue weighted by Crippen LogP contribution is -2.35. The molecule has 0 unspecified atom stereocenters. The first-order valence-electron chi connectivity index (χ1n) is 13.2. The summed E-state index contributed by atoms with van der Waals surface area (Å²) < 4.78 is 6.15. The van der Waals surface area contributed by atoms with Gasteiger partial charge in [-0.25, -0.2) is 0 Å². The molecule has 2 bridgehead atoms. The molecule has 4 atom stereocenters. The van der Waals surface area contributed by atoms with E-state index < -0.39 is 11.8 Å². The van der Waals surface area contributed by atoms with Crippen molar-refractivity contribution < 1.29 is 19.1 Å². The zero-order valence-electron chi connectivity index (χ0n) is 21.8. The van der Waals surface area contributed by atoms with E-state index in [0.717, 1.165) is 18.4 Å². The molecule has 0 aliphatic heterocycles. The van der Waals surface area contributed by atoms with E-state index in [9.17, 15) is 14.4 Å². The minimum atomic E-state index is -0.535. The van der Waals surface area contributed by atoms with E-state index in [-0.39, 0.29) is 47.4 Å². The summed E-state index contributed by atoms with van der Waals surface area (Å²) in [5.74, 6) is -1.00. The van der Waals surface area contributed by atoms with Gasteiger partial charge in [-0.2, -0.15) is 0 Å². The summed E-state index contributed by atoms with van der Waals surface area (Å²) in [4.78, 5) is 37.9. The van der Waals surface area contributed by atoms with Crippen molar-refractivity contribution in [2.45, 2.75) is 58.5 Å². The van der Waals surface area contributed by atoms with Gasteiger partial charge in [0.15, 0.2) is 11.6 Å². The van der Waals surface area contributed by atoms with Gasteiger partial charge in [-0.15, -0.1) is 0 Å². The SMILES string of the molecule is CC1(C)[C@@H]2CC[C@@]1(C)[C@H](c1cccc3ccccc13)[C@@H]2OC(=O)CC(=O)CC(=O)/C=C/c1ccccc1. The number of allylic oxidation sites excluding steroid dienone is 1. The van der Waals surface area contributed by atoms with Crippen molar-refractivity contribution in [1.29, 1.82) is 0 Å². The second-order valence-corrected chi connectivity index (χ2v) is 11.4. The quantitative estimate of drug-likeness (QED) is 0.194. The molecule has 37 heavy (non-hydrogen) atoms. The van der Waals surface area contributed by atoms with Crippen LogP contribution in [0.3, 0.4) is 0 Å². The Bertz CT molecular complexity index is 1360. The van der Waals surface area contributed by atoms with Gasteiger partial charge < -0.3 is 4.74 Å². The smallest absolute Gasteiger partial charge is 0.313 e. The molecule has 2 saturated carbocycles. The highest BCUT2D eigenvalue weighted by atomic mass is 16.5. The largest absolute Gasteiger partial charge is 0.461 e. The van der Waals surface area contributed by atoms with Gasteiger partial charge in [0.2, 0.25) is 0 Å². The zero-order valence-corrected chi connectivity index (χ0v) is 21.8. The number of carbonyl (C=O) groups excluding carboxylic acids is 3. The summed E-state index contributed by atoms with van der Waals surface area (Å²) in [6, 6.07) is 24.1. The minimum absolute atomic E-state index is 0.0121. The van der Waals surface area contributed by atoms with E-state index >= 15 is 0 Å². The van der Waals surface area contributed by atoms with E-state index in [2.05, 4.69) is 57.2 Å². The maximum absolute atomic E-state index is 13.0. The van der Waals surface area contributed by atoms with Gasteiger partial charge in [-0.05, 0) is 51.6 Å². The molecule has 2 aliphatic rings. The predicted octanol–water partition coefficient (Wildman–Crippen LogP) is 6.92. The van der Waals surface area contributed by atoms with Crippen LogP contribution in [0.4, 0.5) is 0 Å². The van der Waals surface area contributed by atoms with Gasteiger partial charge in [-0.3, -0.25) is 14.4 Å². The van der Waals surface area contributed by atoms with Crippen molar-refractivity contribution in [3.05, 3.63) is 90.0 Å². The number of hydrogen-bond acceptors (Lipinski definition) is 4. The Morgan fingerprint density at radius 2 is 1.59 bits per heavy atom. The Hall–Kier alpha value is -3.53. The Kier molecular flexibility index (Phi) is 6.61. The third-order valence-corrected chi connectivity index (χ3v) is 9.19. The van der Waals surface area contributed by atoms with Crippen molar-refractivity contribution in [3.8, 4) is 0 Å². The van der Waals surface area contributed by atoms with Crippen molar-refractivity contribution in [2.75, 3.05) is 0 Å². The molecule has 3 aromatic carbocycles. The van der Waals surface area contributed by atoms with Crippen LogP contribution in [0, 0.1) is 16.7 Å². The van der Waals surface area contributed by atoms with E-state index in [1.807, 2.05) is 36.4 Å².